The van der Waals surface area contributed by atoms with Crippen LogP contribution in [0, 0.1) is 0 Å². The molecular formula is C14H9F3N4O2S. The first-order chi connectivity index (χ1) is 11.3. The molecule has 0 atom stereocenters. The fraction of sp³-hybridized carbons (Fsp3) is 0.0714. The standard InChI is InChI=1S/C14H9F3N4O2S/c15-14(16,17)8-2-1-3-10(4-8)21-6-9(5-18-21)19-12(22)11-7-24-13(23)20-11/h1-7H,(H,19,22)(H,20,23). The van der Waals surface area contributed by atoms with Crippen molar-refractivity contribution in [2.24, 2.45) is 0 Å². The smallest absolute Gasteiger partial charge is 0.318 e. The van der Waals surface area contributed by atoms with E-state index in [2.05, 4.69) is 15.4 Å². The van der Waals surface area contributed by atoms with Crippen LogP contribution in [0.5, 0.6) is 0 Å². The molecule has 0 saturated carbocycles. The molecule has 124 valence electrons. The lowest BCUT2D eigenvalue weighted by molar-refractivity contribution is -0.137. The summed E-state index contributed by atoms with van der Waals surface area (Å²) in [6.45, 7) is 0. The number of hydrogen-bond acceptors (Lipinski definition) is 4. The third-order valence-corrected chi connectivity index (χ3v) is 3.71. The fourth-order valence-corrected chi connectivity index (χ4v) is 2.50. The number of hydrogen-bond donors (Lipinski definition) is 2. The molecule has 0 aliphatic carbocycles. The molecule has 0 aliphatic heterocycles. The number of nitrogens with zero attached hydrogens (tertiary/aromatic N) is 2. The third-order valence-electron chi connectivity index (χ3n) is 3.04. The highest BCUT2D eigenvalue weighted by Crippen LogP contribution is 2.30. The number of carbonyl (C=O) groups is 1. The number of amides is 1. The summed E-state index contributed by atoms with van der Waals surface area (Å²) in [5.41, 5.74) is -0.215. The molecular weight excluding hydrogens is 345 g/mol. The second-order valence-electron chi connectivity index (χ2n) is 4.74. The van der Waals surface area contributed by atoms with Gasteiger partial charge in [-0.2, -0.15) is 18.3 Å². The van der Waals surface area contributed by atoms with Crippen molar-refractivity contribution < 1.29 is 18.0 Å². The minimum absolute atomic E-state index is 0.0943. The number of halogens is 3. The number of benzene rings is 1. The zero-order valence-corrected chi connectivity index (χ0v) is 12.6. The Morgan fingerprint density at radius 3 is 2.79 bits per heavy atom. The van der Waals surface area contributed by atoms with Crippen LogP contribution in [0.4, 0.5) is 18.9 Å². The van der Waals surface area contributed by atoms with Gasteiger partial charge in [-0.25, -0.2) is 4.68 Å². The number of aromatic amines is 1. The highest BCUT2D eigenvalue weighted by Gasteiger charge is 2.30. The van der Waals surface area contributed by atoms with E-state index in [1.54, 1.807) is 0 Å². The van der Waals surface area contributed by atoms with E-state index >= 15 is 0 Å². The first-order valence-corrected chi connectivity index (χ1v) is 7.42. The van der Waals surface area contributed by atoms with Crippen molar-refractivity contribution in [3.63, 3.8) is 0 Å². The number of alkyl halides is 3. The maximum atomic E-state index is 12.7. The first kappa shape index (κ1) is 16.0. The molecule has 2 heterocycles. The van der Waals surface area contributed by atoms with E-state index in [9.17, 15) is 22.8 Å². The number of thiazole rings is 1. The molecule has 0 spiro atoms. The molecule has 1 aromatic carbocycles. The van der Waals surface area contributed by atoms with Crippen LogP contribution in [0.3, 0.4) is 0 Å². The molecule has 0 radical (unpaired) electrons. The predicted molar refractivity (Wildman–Crippen MR) is 81.5 cm³/mol. The van der Waals surface area contributed by atoms with E-state index in [0.717, 1.165) is 23.5 Å². The quantitative estimate of drug-likeness (QED) is 0.759. The summed E-state index contributed by atoms with van der Waals surface area (Å²) in [4.78, 5) is 24.9. The van der Waals surface area contributed by atoms with Crippen molar-refractivity contribution in [3.8, 4) is 5.69 Å². The first-order valence-electron chi connectivity index (χ1n) is 6.54. The van der Waals surface area contributed by atoms with E-state index in [4.69, 9.17) is 0 Å². The molecule has 0 fully saturated rings. The summed E-state index contributed by atoms with van der Waals surface area (Å²) in [5, 5.41) is 7.80. The number of aromatic nitrogens is 3. The summed E-state index contributed by atoms with van der Waals surface area (Å²) in [7, 11) is 0. The van der Waals surface area contributed by atoms with Crippen LogP contribution in [0.15, 0.2) is 46.8 Å². The average Bonchev–Trinajstić information content (AvgIpc) is 3.16. The molecule has 2 N–H and O–H groups in total. The van der Waals surface area contributed by atoms with E-state index in [-0.39, 0.29) is 21.9 Å². The lowest BCUT2D eigenvalue weighted by Gasteiger charge is -2.08. The second kappa shape index (κ2) is 5.96. The van der Waals surface area contributed by atoms with Gasteiger partial charge in [-0.15, -0.1) is 0 Å². The van der Waals surface area contributed by atoms with Gasteiger partial charge in [0.2, 0.25) is 0 Å². The third kappa shape index (κ3) is 3.38. The van der Waals surface area contributed by atoms with Crippen molar-refractivity contribution in [1.82, 2.24) is 14.8 Å². The summed E-state index contributed by atoms with van der Waals surface area (Å²) >= 11 is 0.850. The van der Waals surface area contributed by atoms with Gasteiger partial charge in [0.25, 0.3) is 5.91 Å². The van der Waals surface area contributed by atoms with Gasteiger partial charge >= 0.3 is 11.0 Å². The SMILES string of the molecule is O=C(Nc1cnn(-c2cccc(C(F)(F)F)c2)c1)c1csc(=O)[nH]1. The molecule has 0 bridgehead atoms. The summed E-state index contributed by atoms with van der Waals surface area (Å²) in [6.07, 6.45) is -1.79. The maximum Gasteiger partial charge on any atom is 0.416 e. The Balaban J connectivity index is 1.81. The van der Waals surface area contributed by atoms with E-state index < -0.39 is 17.6 Å². The Bertz CT molecular complexity index is 942. The topological polar surface area (TPSA) is 79.8 Å². The highest BCUT2D eigenvalue weighted by atomic mass is 32.1. The number of rotatable bonds is 3. The molecule has 0 unspecified atom stereocenters. The van der Waals surface area contributed by atoms with Gasteiger partial charge in [-0.1, -0.05) is 17.4 Å². The van der Waals surface area contributed by atoms with Crippen LogP contribution < -0.4 is 10.2 Å². The van der Waals surface area contributed by atoms with Gasteiger partial charge in [0, 0.05) is 5.38 Å². The van der Waals surface area contributed by atoms with Gasteiger partial charge in [0.15, 0.2) is 0 Å². The van der Waals surface area contributed by atoms with Crippen molar-refractivity contribution in [1.29, 1.82) is 0 Å². The van der Waals surface area contributed by atoms with Crippen LogP contribution in [-0.4, -0.2) is 20.7 Å². The zero-order valence-electron chi connectivity index (χ0n) is 11.8. The summed E-state index contributed by atoms with van der Waals surface area (Å²) < 4.78 is 39.4. The van der Waals surface area contributed by atoms with Gasteiger partial charge < -0.3 is 10.3 Å². The molecule has 2 aromatic heterocycles. The van der Waals surface area contributed by atoms with Crippen molar-refractivity contribution in [3.05, 3.63) is 63.0 Å². The Morgan fingerprint density at radius 2 is 2.12 bits per heavy atom. The number of anilines is 1. The van der Waals surface area contributed by atoms with Gasteiger partial charge in [0.05, 0.1) is 29.3 Å². The lowest BCUT2D eigenvalue weighted by atomic mass is 10.2. The molecule has 0 aliphatic rings. The van der Waals surface area contributed by atoms with Crippen LogP contribution in [0.25, 0.3) is 5.69 Å². The van der Waals surface area contributed by atoms with Crippen LogP contribution >= 0.6 is 11.3 Å². The fourth-order valence-electron chi connectivity index (χ4n) is 1.94. The average molecular weight is 354 g/mol. The van der Waals surface area contributed by atoms with Gasteiger partial charge in [0.1, 0.15) is 5.69 Å². The monoisotopic (exact) mass is 354 g/mol. The predicted octanol–water partition coefficient (Wildman–Crippen LogP) is 2.89. The Kier molecular flexibility index (Phi) is 3.97. The molecule has 3 rings (SSSR count). The zero-order chi connectivity index (χ0) is 17.3. The highest BCUT2D eigenvalue weighted by molar-refractivity contribution is 7.07. The van der Waals surface area contributed by atoms with Crippen molar-refractivity contribution in [2.45, 2.75) is 6.18 Å². The molecule has 3 aromatic rings. The minimum atomic E-state index is -4.45. The molecule has 0 saturated heterocycles. The van der Waals surface area contributed by atoms with E-state index in [0.29, 0.717) is 0 Å². The molecule has 6 nitrogen and oxygen atoms in total. The second-order valence-corrected chi connectivity index (χ2v) is 5.58. The maximum absolute atomic E-state index is 12.7. The van der Waals surface area contributed by atoms with Crippen LogP contribution in [0.2, 0.25) is 0 Å². The van der Waals surface area contributed by atoms with E-state index in [1.807, 2.05) is 0 Å². The Hall–Kier alpha value is -2.88. The number of nitrogens with one attached hydrogen (secondary N) is 2. The van der Waals surface area contributed by atoms with Crippen molar-refractivity contribution in [2.75, 3.05) is 5.32 Å². The lowest BCUT2D eigenvalue weighted by Crippen LogP contribution is -2.13. The van der Waals surface area contributed by atoms with E-state index in [1.165, 1.54) is 34.6 Å². The Labute approximate surface area is 136 Å². The van der Waals surface area contributed by atoms with Crippen LogP contribution in [0.1, 0.15) is 16.1 Å². The van der Waals surface area contributed by atoms with Gasteiger partial charge in [-0.05, 0) is 18.2 Å². The van der Waals surface area contributed by atoms with Crippen LogP contribution in [-0.2, 0) is 6.18 Å². The minimum Gasteiger partial charge on any atom is -0.318 e. The summed E-state index contributed by atoms with van der Waals surface area (Å²) in [5.74, 6) is -0.544. The molecule has 10 heteroatoms. The Morgan fingerprint density at radius 1 is 1.33 bits per heavy atom. The largest absolute Gasteiger partial charge is 0.416 e. The normalized spacial score (nSPS) is 11.5. The number of carbonyl (C=O) groups excluding carboxylic acids is 1. The van der Waals surface area contributed by atoms with Gasteiger partial charge in [-0.3, -0.25) is 9.59 Å². The number of H-pyrrole nitrogens is 1. The molecule has 1 amide bonds. The summed E-state index contributed by atoms with van der Waals surface area (Å²) in [6, 6.07) is 4.65. The van der Waals surface area contributed by atoms with Crippen molar-refractivity contribution >= 4 is 22.9 Å². The molecule has 24 heavy (non-hydrogen) atoms.